The van der Waals surface area contributed by atoms with Crippen LogP contribution in [0.4, 0.5) is 0 Å². The second-order valence-electron chi connectivity index (χ2n) is 3.98. The number of carboxylic acid groups (broad SMARTS) is 1. The lowest BCUT2D eigenvalue weighted by Crippen LogP contribution is -1.89. The van der Waals surface area contributed by atoms with Crippen molar-refractivity contribution in [2.45, 2.75) is 6.92 Å². The predicted octanol–water partition coefficient (Wildman–Crippen LogP) is 3.32. The number of halogens is 1. The third kappa shape index (κ3) is 2.19. The van der Waals surface area contributed by atoms with Crippen molar-refractivity contribution < 1.29 is 9.90 Å². The van der Waals surface area contributed by atoms with Gasteiger partial charge in [0.1, 0.15) is 0 Å². The maximum Gasteiger partial charge on any atom is 0.328 e. The maximum atomic E-state index is 10.7. The average Bonchev–Trinajstić information content (AvgIpc) is 2.55. The molecule has 88 valence electrons. The van der Waals surface area contributed by atoms with E-state index in [4.69, 9.17) is 16.7 Å². The van der Waals surface area contributed by atoms with E-state index in [0.717, 1.165) is 22.0 Å². The molecule has 0 radical (unpaired) electrons. The largest absolute Gasteiger partial charge is 0.478 e. The van der Waals surface area contributed by atoms with E-state index < -0.39 is 5.97 Å². The molecule has 4 heteroatoms. The zero-order chi connectivity index (χ0) is 12.6. The fraction of sp³-hybridized carbons (Fsp3) is 0.154. The monoisotopic (exact) mass is 249 g/mol. The average molecular weight is 250 g/mol. The highest BCUT2D eigenvalue weighted by Gasteiger charge is 2.09. The van der Waals surface area contributed by atoms with Gasteiger partial charge in [-0.2, -0.15) is 0 Å². The van der Waals surface area contributed by atoms with Crippen LogP contribution in [0.1, 0.15) is 12.5 Å². The number of carboxylic acids is 1. The summed E-state index contributed by atoms with van der Waals surface area (Å²) in [7, 11) is 1.91. The van der Waals surface area contributed by atoms with E-state index in [1.54, 1.807) is 13.0 Å². The van der Waals surface area contributed by atoms with Crippen LogP contribution >= 0.6 is 11.6 Å². The van der Waals surface area contributed by atoms with Gasteiger partial charge in [0, 0.05) is 40.8 Å². The van der Waals surface area contributed by atoms with E-state index >= 15 is 0 Å². The minimum absolute atomic E-state index is 0.671. The highest BCUT2D eigenvalue weighted by Crippen LogP contribution is 2.28. The molecule has 0 saturated heterocycles. The molecule has 3 nitrogen and oxygen atoms in total. The van der Waals surface area contributed by atoms with Crippen LogP contribution < -0.4 is 0 Å². The van der Waals surface area contributed by atoms with Gasteiger partial charge in [0.25, 0.3) is 0 Å². The Morgan fingerprint density at radius 3 is 2.82 bits per heavy atom. The van der Waals surface area contributed by atoms with E-state index in [1.807, 2.05) is 29.9 Å². The third-order valence-corrected chi connectivity index (χ3v) is 2.95. The van der Waals surface area contributed by atoms with Crippen molar-refractivity contribution in [3.63, 3.8) is 0 Å². The highest BCUT2D eigenvalue weighted by atomic mass is 35.5. The van der Waals surface area contributed by atoms with Crippen LogP contribution in [-0.2, 0) is 11.8 Å². The maximum absolute atomic E-state index is 10.7. The minimum atomic E-state index is -0.937. The number of aryl methyl sites for hydroxylation is 1. The summed E-state index contributed by atoms with van der Waals surface area (Å²) in [6.07, 6.45) is 3.12. The molecule has 0 aliphatic rings. The Balaban J connectivity index is 2.68. The number of hydrogen-bond donors (Lipinski definition) is 1. The molecule has 1 heterocycles. The number of allylic oxidation sites excluding steroid dienone is 1. The fourth-order valence-electron chi connectivity index (χ4n) is 1.93. The second-order valence-corrected chi connectivity index (χ2v) is 4.42. The molecule has 0 saturated carbocycles. The van der Waals surface area contributed by atoms with Crippen molar-refractivity contribution in [1.29, 1.82) is 0 Å². The van der Waals surface area contributed by atoms with E-state index in [-0.39, 0.29) is 0 Å². The topological polar surface area (TPSA) is 42.2 Å². The Morgan fingerprint density at radius 2 is 2.18 bits per heavy atom. The number of aliphatic carboxylic acids is 1. The van der Waals surface area contributed by atoms with Crippen LogP contribution in [-0.4, -0.2) is 15.6 Å². The van der Waals surface area contributed by atoms with Gasteiger partial charge in [-0.25, -0.2) is 4.79 Å². The molecule has 1 N–H and O–H groups in total. The predicted molar refractivity (Wildman–Crippen MR) is 69.2 cm³/mol. The van der Waals surface area contributed by atoms with Gasteiger partial charge in [-0.05, 0) is 24.6 Å². The van der Waals surface area contributed by atoms with Gasteiger partial charge in [0.2, 0.25) is 0 Å². The van der Waals surface area contributed by atoms with Gasteiger partial charge >= 0.3 is 5.97 Å². The number of fused-ring (bicyclic) bond motifs is 1. The Hall–Kier alpha value is -1.74. The van der Waals surface area contributed by atoms with Gasteiger partial charge in [0.15, 0.2) is 0 Å². The Labute approximate surface area is 104 Å². The summed E-state index contributed by atoms with van der Waals surface area (Å²) in [6.45, 7) is 1.79. The summed E-state index contributed by atoms with van der Waals surface area (Å²) in [6, 6.07) is 5.59. The lowest BCUT2D eigenvalue weighted by molar-refractivity contribution is -0.131. The van der Waals surface area contributed by atoms with E-state index in [9.17, 15) is 4.79 Å². The van der Waals surface area contributed by atoms with E-state index in [0.29, 0.717) is 5.02 Å². The quantitative estimate of drug-likeness (QED) is 0.830. The summed E-state index contributed by atoms with van der Waals surface area (Å²) >= 11 is 5.94. The second kappa shape index (κ2) is 4.26. The SMILES string of the molecule is C/C(=C\C(=O)O)c1cn(C)c2cc(Cl)ccc12. The van der Waals surface area contributed by atoms with Crippen molar-refractivity contribution >= 4 is 34.0 Å². The number of nitrogens with zero attached hydrogens (tertiary/aromatic N) is 1. The molecular formula is C13H12ClNO2. The molecule has 0 atom stereocenters. The van der Waals surface area contributed by atoms with Gasteiger partial charge in [-0.3, -0.25) is 0 Å². The molecule has 0 aliphatic carbocycles. The smallest absolute Gasteiger partial charge is 0.328 e. The summed E-state index contributed by atoms with van der Waals surface area (Å²) in [5.41, 5.74) is 2.64. The Kier molecular flexibility index (Phi) is 2.94. The molecule has 0 aliphatic heterocycles. The minimum Gasteiger partial charge on any atom is -0.478 e. The summed E-state index contributed by atoms with van der Waals surface area (Å²) in [5, 5.41) is 10.4. The molecule has 17 heavy (non-hydrogen) atoms. The molecular weight excluding hydrogens is 238 g/mol. The molecule has 0 unspecified atom stereocenters. The van der Waals surface area contributed by atoms with Crippen LogP contribution in [0.3, 0.4) is 0 Å². The van der Waals surface area contributed by atoms with Crippen LogP contribution in [0.2, 0.25) is 5.02 Å². The van der Waals surface area contributed by atoms with Crippen molar-refractivity contribution in [3.8, 4) is 0 Å². The molecule has 0 spiro atoms. The third-order valence-electron chi connectivity index (χ3n) is 2.72. The lowest BCUT2D eigenvalue weighted by atomic mass is 10.1. The molecule has 0 fully saturated rings. The van der Waals surface area contributed by atoms with Crippen LogP contribution in [0, 0.1) is 0 Å². The first-order valence-corrected chi connectivity index (χ1v) is 5.53. The van der Waals surface area contributed by atoms with Gasteiger partial charge in [-0.15, -0.1) is 0 Å². The van der Waals surface area contributed by atoms with Crippen molar-refractivity contribution in [2.75, 3.05) is 0 Å². The molecule has 0 amide bonds. The van der Waals surface area contributed by atoms with Crippen LogP contribution in [0.15, 0.2) is 30.5 Å². The zero-order valence-electron chi connectivity index (χ0n) is 9.57. The summed E-state index contributed by atoms with van der Waals surface area (Å²) in [5.74, 6) is -0.937. The normalized spacial score (nSPS) is 12.1. The standard InChI is InChI=1S/C13H12ClNO2/c1-8(5-13(16)17)11-7-15(2)12-6-9(14)3-4-10(11)12/h3-7H,1-2H3,(H,16,17)/b8-5+. The van der Waals surface area contributed by atoms with Crippen LogP contribution in [0.5, 0.6) is 0 Å². The molecule has 1 aromatic carbocycles. The number of carbonyl (C=O) groups is 1. The fourth-order valence-corrected chi connectivity index (χ4v) is 2.10. The van der Waals surface area contributed by atoms with Crippen molar-refractivity contribution in [1.82, 2.24) is 4.57 Å². The van der Waals surface area contributed by atoms with Gasteiger partial charge in [0.05, 0.1) is 0 Å². The number of hydrogen-bond acceptors (Lipinski definition) is 1. The molecule has 2 rings (SSSR count). The summed E-state index contributed by atoms with van der Waals surface area (Å²) in [4.78, 5) is 10.7. The Bertz CT molecular complexity index is 626. The molecule has 0 bridgehead atoms. The first-order valence-electron chi connectivity index (χ1n) is 5.15. The molecule has 2 aromatic rings. The number of rotatable bonds is 2. The lowest BCUT2D eigenvalue weighted by Gasteiger charge is -1.98. The van der Waals surface area contributed by atoms with Gasteiger partial charge in [-0.1, -0.05) is 17.7 Å². The first kappa shape index (κ1) is 11.7. The number of benzene rings is 1. The molecule has 1 aromatic heterocycles. The van der Waals surface area contributed by atoms with E-state index in [2.05, 4.69) is 0 Å². The van der Waals surface area contributed by atoms with Crippen molar-refractivity contribution in [3.05, 3.63) is 41.1 Å². The van der Waals surface area contributed by atoms with Crippen LogP contribution in [0.25, 0.3) is 16.5 Å². The highest BCUT2D eigenvalue weighted by molar-refractivity contribution is 6.31. The van der Waals surface area contributed by atoms with Crippen molar-refractivity contribution in [2.24, 2.45) is 7.05 Å². The van der Waals surface area contributed by atoms with Gasteiger partial charge < -0.3 is 9.67 Å². The number of aromatic nitrogens is 1. The summed E-state index contributed by atoms with van der Waals surface area (Å²) < 4.78 is 1.94. The Morgan fingerprint density at radius 1 is 1.47 bits per heavy atom. The first-order chi connectivity index (χ1) is 7.99. The van der Waals surface area contributed by atoms with E-state index in [1.165, 1.54) is 6.08 Å². The zero-order valence-corrected chi connectivity index (χ0v) is 10.3.